The summed E-state index contributed by atoms with van der Waals surface area (Å²) in [5.74, 6) is -0.195. The molecule has 1 aliphatic carbocycles. The molecule has 1 amide bonds. The van der Waals surface area contributed by atoms with Gasteiger partial charge in [0.25, 0.3) is 0 Å². The lowest BCUT2D eigenvalue weighted by Gasteiger charge is -2.41. The predicted molar refractivity (Wildman–Crippen MR) is 162 cm³/mol. The van der Waals surface area contributed by atoms with Crippen LogP contribution in [0.15, 0.2) is 66.1 Å². The highest BCUT2D eigenvalue weighted by Crippen LogP contribution is 2.54. The van der Waals surface area contributed by atoms with E-state index in [1.807, 2.05) is 59.5 Å². The first-order chi connectivity index (χ1) is 20.7. The average Bonchev–Trinajstić information content (AvgIpc) is 3.61. The van der Waals surface area contributed by atoms with Crippen LogP contribution < -0.4 is 10.1 Å². The van der Waals surface area contributed by atoms with Crippen LogP contribution in [0.3, 0.4) is 0 Å². The van der Waals surface area contributed by atoms with E-state index in [9.17, 15) is 14.7 Å². The number of fused-ring (bicyclic) bond motifs is 1. The van der Waals surface area contributed by atoms with Crippen LogP contribution in [0.5, 0.6) is 5.75 Å². The van der Waals surface area contributed by atoms with E-state index in [2.05, 4.69) is 33.0 Å². The molecule has 0 saturated carbocycles. The van der Waals surface area contributed by atoms with Gasteiger partial charge in [-0.05, 0) is 65.7 Å². The number of carbonyl (C=O) groups is 2. The lowest BCUT2D eigenvalue weighted by atomic mass is 9.62. The second-order valence-corrected chi connectivity index (χ2v) is 11.8. The van der Waals surface area contributed by atoms with Gasteiger partial charge in [-0.1, -0.05) is 58.0 Å². The Morgan fingerprint density at radius 1 is 1.07 bits per heavy atom. The van der Waals surface area contributed by atoms with Crippen LogP contribution in [0.4, 0.5) is 5.69 Å². The fourth-order valence-electron chi connectivity index (χ4n) is 6.86. The van der Waals surface area contributed by atoms with Crippen molar-refractivity contribution in [2.75, 3.05) is 39.1 Å². The molecule has 43 heavy (non-hydrogen) atoms. The minimum atomic E-state index is -0.896. The number of para-hydroxylation sites is 1. The lowest BCUT2D eigenvalue weighted by Crippen LogP contribution is -2.40. The molecule has 0 radical (unpaired) electrons. The van der Waals surface area contributed by atoms with Gasteiger partial charge in [0.1, 0.15) is 5.75 Å². The first-order valence-corrected chi connectivity index (χ1v) is 15.0. The molecule has 230 valence electrons. The maximum atomic E-state index is 13.7. The van der Waals surface area contributed by atoms with E-state index in [1.165, 1.54) is 0 Å². The zero-order valence-corrected chi connectivity index (χ0v) is 25.6. The predicted octanol–water partition coefficient (Wildman–Crippen LogP) is 5.53. The summed E-state index contributed by atoms with van der Waals surface area (Å²) in [4.78, 5) is 28.9. The second kappa shape index (κ2) is 12.8. The number of carboxylic acids is 1. The van der Waals surface area contributed by atoms with E-state index in [0.29, 0.717) is 23.8 Å². The van der Waals surface area contributed by atoms with Crippen LogP contribution in [0.25, 0.3) is 0 Å². The van der Waals surface area contributed by atoms with Crippen molar-refractivity contribution in [1.29, 1.82) is 0 Å². The van der Waals surface area contributed by atoms with E-state index in [-0.39, 0.29) is 37.9 Å². The number of ether oxygens (including phenoxy) is 4. The number of aliphatic carboxylic acids is 1. The summed E-state index contributed by atoms with van der Waals surface area (Å²) in [5, 5.41) is 13.9. The van der Waals surface area contributed by atoms with Gasteiger partial charge in [-0.2, -0.15) is 0 Å². The molecule has 2 unspecified atom stereocenters. The Morgan fingerprint density at radius 2 is 1.74 bits per heavy atom. The van der Waals surface area contributed by atoms with Gasteiger partial charge in [-0.25, -0.2) is 0 Å². The van der Waals surface area contributed by atoms with Gasteiger partial charge in [0, 0.05) is 30.8 Å². The largest absolute Gasteiger partial charge is 0.481 e. The molecule has 5 rings (SSSR count). The van der Waals surface area contributed by atoms with E-state index < -0.39 is 23.3 Å². The third-order valence-corrected chi connectivity index (χ3v) is 9.35. The second-order valence-electron chi connectivity index (χ2n) is 11.8. The molecule has 9 heteroatoms. The van der Waals surface area contributed by atoms with Crippen LogP contribution in [-0.2, 0) is 36.6 Å². The standard InChI is InChI=1S/C34H42N2O7/c1-6-22-9-8-10-23(7-2)31(22)35-29(37)18-36-17-26(34(4)16-28-27(15-21(34)3)42-20-43-28)30(33(38)39)32(36)24-11-13-25(14-12-24)41-19-40-5/h8-16,21,26,30,32H,6-7,17-20H2,1-5H3,(H,35,37)(H,38,39)/t21?,26-,30+,32-,34?/m0/s1. The molecule has 0 bridgehead atoms. The highest BCUT2D eigenvalue weighted by Gasteiger charge is 2.55. The van der Waals surface area contributed by atoms with Crippen LogP contribution >= 0.6 is 0 Å². The van der Waals surface area contributed by atoms with E-state index in [4.69, 9.17) is 18.9 Å². The third kappa shape index (κ3) is 6.01. The van der Waals surface area contributed by atoms with Gasteiger partial charge in [0.2, 0.25) is 12.7 Å². The summed E-state index contributed by atoms with van der Waals surface area (Å²) in [7, 11) is 1.55. The number of nitrogens with one attached hydrogen (secondary N) is 1. The monoisotopic (exact) mass is 590 g/mol. The number of nitrogens with zero attached hydrogens (tertiary/aromatic N) is 1. The van der Waals surface area contributed by atoms with Crippen molar-refractivity contribution in [3.05, 3.63) is 82.8 Å². The molecule has 2 fully saturated rings. The highest BCUT2D eigenvalue weighted by molar-refractivity contribution is 5.94. The molecule has 2 heterocycles. The summed E-state index contributed by atoms with van der Waals surface area (Å²) in [6, 6.07) is 13.0. The Kier molecular flexibility index (Phi) is 9.13. The van der Waals surface area contributed by atoms with Crippen LogP contribution in [0.2, 0.25) is 0 Å². The van der Waals surface area contributed by atoms with Gasteiger partial charge < -0.3 is 29.4 Å². The smallest absolute Gasteiger partial charge is 0.308 e. The Hall–Kier alpha value is -3.82. The summed E-state index contributed by atoms with van der Waals surface area (Å²) in [6.45, 7) is 9.05. The molecule has 2 saturated heterocycles. The Labute approximate surface area is 253 Å². The molecule has 2 aromatic rings. The van der Waals surface area contributed by atoms with Crippen molar-refractivity contribution in [3.8, 4) is 5.75 Å². The number of benzene rings is 2. The maximum absolute atomic E-state index is 13.7. The fraction of sp³-hybridized carbons (Fsp3) is 0.471. The van der Waals surface area contributed by atoms with Crippen molar-refractivity contribution in [2.24, 2.45) is 23.2 Å². The first kappa shape index (κ1) is 30.6. The number of amides is 1. The summed E-state index contributed by atoms with van der Waals surface area (Å²) < 4.78 is 22.0. The average molecular weight is 591 g/mol. The number of methoxy groups -OCH3 is 1. The number of anilines is 1. The fourth-order valence-corrected chi connectivity index (χ4v) is 6.86. The number of carbonyl (C=O) groups excluding carboxylic acids is 1. The van der Waals surface area contributed by atoms with Crippen molar-refractivity contribution < 1.29 is 33.6 Å². The van der Waals surface area contributed by atoms with E-state index >= 15 is 0 Å². The zero-order chi connectivity index (χ0) is 30.7. The normalized spacial score (nSPS) is 26.5. The van der Waals surface area contributed by atoms with Crippen molar-refractivity contribution >= 4 is 17.6 Å². The molecule has 2 aliphatic heterocycles. The number of hydrogen-bond acceptors (Lipinski definition) is 7. The summed E-state index contributed by atoms with van der Waals surface area (Å²) in [5.41, 5.74) is 3.27. The molecule has 9 nitrogen and oxygen atoms in total. The number of hydrogen-bond donors (Lipinski definition) is 2. The Balaban J connectivity index is 1.50. The summed E-state index contributed by atoms with van der Waals surface area (Å²) in [6.07, 6.45) is 5.65. The van der Waals surface area contributed by atoms with Crippen molar-refractivity contribution in [1.82, 2.24) is 4.90 Å². The molecule has 2 N–H and O–H groups in total. The molecule has 0 spiro atoms. The summed E-state index contributed by atoms with van der Waals surface area (Å²) >= 11 is 0. The molecule has 3 aliphatic rings. The van der Waals surface area contributed by atoms with Gasteiger partial charge in [-0.3, -0.25) is 14.5 Å². The molecule has 2 aromatic carbocycles. The number of carboxylic acid groups (broad SMARTS) is 1. The maximum Gasteiger partial charge on any atom is 0.308 e. The highest BCUT2D eigenvalue weighted by atomic mass is 16.7. The van der Waals surface area contributed by atoms with Crippen molar-refractivity contribution in [3.63, 3.8) is 0 Å². The van der Waals surface area contributed by atoms with Crippen LogP contribution in [0, 0.1) is 23.2 Å². The minimum absolute atomic E-state index is 0.0115. The molecule has 5 atom stereocenters. The molecular weight excluding hydrogens is 548 g/mol. The molecule has 0 aromatic heterocycles. The Bertz CT molecular complexity index is 1380. The van der Waals surface area contributed by atoms with Gasteiger partial charge in [0.15, 0.2) is 18.3 Å². The number of likely N-dealkylation sites (tertiary alicyclic amines) is 1. The van der Waals surface area contributed by atoms with Crippen LogP contribution in [-0.4, -0.2) is 55.7 Å². The topological polar surface area (TPSA) is 107 Å². The molecular formula is C34H42N2O7. The first-order valence-electron chi connectivity index (χ1n) is 15.0. The number of aryl methyl sites for hydroxylation is 2. The van der Waals surface area contributed by atoms with Crippen LogP contribution in [0.1, 0.15) is 50.4 Å². The number of rotatable bonds is 11. The Morgan fingerprint density at radius 3 is 2.37 bits per heavy atom. The minimum Gasteiger partial charge on any atom is -0.481 e. The van der Waals surface area contributed by atoms with Gasteiger partial charge in [0.05, 0.1) is 12.5 Å². The quantitative estimate of drug-likeness (QED) is 0.329. The SMILES string of the molecule is CCc1cccc(CC)c1NC(=O)CN1C[C@H](C2(C)C=C3OCOC3=CC2C)[C@@H](C(=O)O)[C@@H]1c1ccc(OCOC)cc1. The van der Waals surface area contributed by atoms with E-state index in [1.54, 1.807) is 7.11 Å². The van der Waals surface area contributed by atoms with Gasteiger partial charge in [-0.15, -0.1) is 0 Å². The number of allylic oxidation sites excluding steroid dienone is 2. The lowest BCUT2D eigenvalue weighted by molar-refractivity contribution is -0.145. The van der Waals surface area contributed by atoms with Gasteiger partial charge >= 0.3 is 5.97 Å². The van der Waals surface area contributed by atoms with E-state index in [0.717, 1.165) is 35.2 Å². The zero-order valence-electron chi connectivity index (χ0n) is 25.6. The van der Waals surface area contributed by atoms with Crippen molar-refractivity contribution in [2.45, 2.75) is 46.6 Å². The third-order valence-electron chi connectivity index (χ3n) is 9.35.